The number of rotatable bonds is 5. The summed E-state index contributed by atoms with van der Waals surface area (Å²) in [5.41, 5.74) is 1.58. The van der Waals surface area contributed by atoms with Crippen LogP contribution >= 0.6 is 0 Å². The third kappa shape index (κ3) is 3.71. The van der Waals surface area contributed by atoms with Crippen molar-refractivity contribution in [3.05, 3.63) is 71.8 Å². The second kappa shape index (κ2) is 6.57. The Morgan fingerprint density at radius 1 is 0.889 bits per heavy atom. The van der Waals surface area contributed by atoms with Crippen molar-refractivity contribution < 1.29 is 14.3 Å². The molecule has 0 radical (unpaired) electrons. The molecule has 0 spiro atoms. The van der Waals surface area contributed by atoms with E-state index >= 15 is 0 Å². The van der Waals surface area contributed by atoms with Gasteiger partial charge in [0.15, 0.2) is 6.79 Å². The van der Waals surface area contributed by atoms with Crippen molar-refractivity contribution in [2.24, 2.45) is 0 Å². The Morgan fingerprint density at radius 2 is 1.50 bits per heavy atom. The van der Waals surface area contributed by atoms with Crippen molar-refractivity contribution in [2.45, 2.75) is 6.61 Å². The zero-order valence-electron chi connectivity index (χ0n) is 9.91. The van der Waals surface area contributed by atoms with Crippen LogP contribution in [0.4, 0.5) is 0 Å². The van der Waals surface area contributed by atoms with E-state index in [1.54, 1.807) is 24.3 Å². The smallest absolute Gasteiger partial charge is 0.340 e. The Labute approximate surface area is 106 Å². The van der Waals surface area contributed by atoms with Crippen molar-refractivity contribution in [3.63, 3.8) is 0 Å². The number of esters is 1. The van der Waals surface area contributed by atoms with E-state index in [-0.39, 0.29) is 12.8 Å². The molecule has 3 heteroatoms. The van der Waals surface area contributed by atoms with Gasteiger partial charge in [0.1, 0.15) is 0 Å². The molecular formula is C15H14O3. The van der Waals surface area contributed by atoms with Crippen molar-refractivity contribution in [1.29, 1.82) is 0 Å². The monoisotopic (exact) mass is 242 g/mol. The van der Waals surface area contributed by atoms with Crippen molar-refractivity contribution >= 4 is 5.97 Å². The van der Waals surface area contributed by atoms with E-state index < -0.39 is 0 Å². The van der Waals surface area contributed by atoms with Crippen LogP contribution in [0.15, 0.2) is 60.7 Å². The number of carbonyl (C=O) groups is 1. The summed E-state index contributed by atoms with van der Waals surface area (Å²) in [4.78, 5) is 11.6. The Balaban J connectivity index is 1.72. The quantitative estimate of drug-likeness (QED) is 0.459. The fourth-order valence-corrected chi connectivity index (χ4v) is 1.49. The molecule has 0 bridgehead atoms. The summed E-state index contributed by atoms with van der Waals surface area (Å²) in [5, 5.41) is 0. The van der Waals surface area contributed by atoms with Crippen LogP contribution in [0.25, 0.3) is 0 Å². The molecule has 0 N–H and O–H groups in total. The van der Waals surface area contributed by atoms with Gasteiger partial charge in [-0.25, -0.2) is 4.79 Å². The van der Waals surface area contributed by atoms with Crippen molar-refractivity contribution in [2.75, 3.05) is 6.79 Å². The van der Waals surface area contributed by atoms with Gasteiger partial charge < -0.3 is 9.47 Å². The van der Waals surface area contributed by atoms with Crippen LogP contribution in [0.5, 0.6) is 0 Å². The first-order valence-electron chi connectivity index (χ1n) is 5.70. The average molecular weight is 242 g/mol. The lowest BCUT2D eigenvalue weighted by Crippen LogP contribution is -2.08. The first kappa shape index (κ1) is 12.3. The first-order valence-corrected chi connectivity index (χ1v) is 5.70. The predicted molar refractivity (Wildman–Crippen MR) is 68.0 cm³/mol. The van der Waals surface area contributed by atoms with Crippen LogP contribution < -0.4 is 0 Å². The van der Waals surface area contributed by atoms with Gasteiger partial charge in [-0.2, -0.15) is 0 Å². The summed E-state index contributed by atoms with van der Waals surface area (Å²) < 4.78 is 10.3. The molecule has 0 saturated heterocycles. The van der Waals surface area contributed by atoms with Crippen LogP contribution in [-0.2, 0) is 16.1 Å². The van der Waals surface area contributed by atoms with Crippen LogP contribution in [0, 0.1) is 0 Å². The highest BCUT2D eigenvalue weighted by molar-refractivity contribution is 5.89. The highest BCUT2D eigenvalue weighted by atomic mass is 16.7. The summed E-state index contributed by atoms with van der Waals surface area (Å²) in [6, 6.07) is 18.6. The molecule has 3 nitrogen and oxygen atoms in total. The maximum absolute atomic E-state index is 11.6. The van der Waals surface area contributed by atoms with Crippen LogP contribution in [0.1, 0.15) is 15.9 Å². The van der Waals surface area contributed by atoms with Gasteiger partial charge >= 0.3 is 5.97 Å². The molecule has 0 saturated carbocycles. The second-order valence-electron chi connectivity index (χ2n) is 3.75. The Hall–Kier alpha value is -2.13. The fraction of sp³-hybridized carbons (Fsp3) is 0.133. The van der Waals surface area contributed by atoms with Gasteiger partial charge in [-0.3, -0.25) is 0 Å². The van der Waals surface area contributed by atoms with Gasteiger partial charge in [-0.15, -0.1) is 0 Å². The van der Waals surface area contributed by atoms with Crippen molar-refractivity contribution in [1.82, 2.24) is 0 Å². The molecule has 0 fully saturated rings. The highest BCUT2D eigenvalue weighted by Gasteiger charge is 2.05. The molecule has 0 aromatic heterocycles. The summed E-state index contributed by atoms with van der Waals surface area (Å²) in [6.07, 6.45) is 0. The molecule has 0 aliphatic heterocycles. The number of benzene rings is 2. The van der Waals surface area contributed by atoms with Crippen LogP contribution in [0.2, 0.25) is 0 Å². The Bertz CT molecular complexity index is 480. The summed E-state index contributed by atoms with van der Waals surface area (Å²) >= 11 is 0. The topological polar surface area (TPSA) is 35.5 Å². The predicted octanol–water partition coefficient (Wildman–Crippen LogP) is 3.02. The van der Waals surface area contributed by atoms with Gasteiger partial charge in [-0.05, 0) is 17.7 Å². The Kier molecular flexibility index (Phi) is 4.50. The molecule has 0 aliphatic rings. The van der Waals surface area contributed by atoms with Gasteiger partial charge in [-0.1, -0.05) is 48.5 Å². The van der Waals surface area contributed by atoms with E-state index in [0.717, 1.165) is 5.56 Å². The standard InChI is InChI=1S/C15H14O3/c16-15(14-9-5-2-6-10-14)18-12-17-11-13-7-3-1-4-8-13/h1-10H,11-12H2. The first-order chi connectivity index (χ1) is 8.86. The molecular weight excluding hydrogens is 228 g/mol. The molecule has 2 aromatic carbocycles. The van der Waals surface area contributed by atoms with Gasteiger partial charge in [0.25, 0.3) is 0 Å². The fourth-order valence-electron chi connectivity index (χ4n) is 1.49. The van der Waals surface area contributed by atoms with Crippen LogP contribution in [0.3, 0.4) is 0 Å². The highest BCUT2D eigenvalue weighted by Crippen LogP contribution is 2.03. The molecule has 0 unspecified atom stereocenters. The molecule has 0 amide bonds. The normalized spacial score (nSPS) is 10.0. The van der Waals surface area contributed by atoms with E-state index in [0.29, 0.717) is 12.2 Å². The minimum atomic E-state index is -0.372. The van der Waals surface area contributed by atoms with Crippen molar-refractivity contribution in [3.8, 4) is 0 Å². The lowest BCUT2D eigenvalue weighted by Gasteiger charge is -2.06. The van der Waals surface area contributed by atoms with E-state index in [2.05, 4.69) is 0 Å². The lowest BCUT2D eigenvalue weighted by molar-refractivity contribution is -0.0381. The maximum atomic E-state index is 11.6. The zero-order chi connectivity index (χ0) is 12.6. The van der Waals surface area contributed by atoms with Crippen LogP contribution in [-0.4, -0.2) is 12.8 Å². The average Bonchev–Trinajstić information content (AvgIpc) is 2.45. The summed E-state index contributed by atoms with van der Waals surface area (Å²) in [6.45, 7) is 0.394. The van der Waals surface area contributed by atoms with E-state index in [1.807, 2.05) is 36.4 Å². The molecule has 18 heavy (non-hydrogen) atoms. The van der Waals surface area contributed by atoms with E-state index in [1.165, 1.54) is 0 Å². The second-order valence-corrected chi connectivity index (χ2v) is 3.75. The summed E-state index contributed by atoms with van der Waals surface area (Å²) in [5.74, 6) is -0.372. The molecule has 0 heterocycles. The SMILES string of the molecule is O=C(OCOCc1ccccc1)c1ccccc1. The number of hydrogen-bond donors (Lipinski definition) is 0. The Morgan fingerprint density at radius 3 is 2.17 bits per heavy atom. The molecule has 2 rings (SSSR count). The molecule has 0 atom stereocenters. The largest absolute Gasteiger partial charge is 0.435 e. The van der Waals surface area contributed by atoms with Gasteiger partial charge in [0, 0.05) is 0 Å². The number of carbonyl (C=O) groups excluding carboxylic acids is 1. The maximum Gasteiger partial charge on any atom is 0.340 e. The molecule has 0 aliphatic carbocycles. The number of hydrogen-bond acceptors (Lipinski definition) is 3. The molecule has 2 aromatic rings. The lowest BCUT2D eigenvalue weighted by atomic mass is 10.2. The van der Waals surface area contributed by atoms with Gasteiger partial charge in [0.2, 0.25) is 0 Å². The number of ether oxygens (including phenoxy) is 2. The minimum absolute atomic E-state index is 0.0391. The van der Waals surface area contributed by atoms with E-state index in [9.17, 15) is 4.79 Å². The molecule has 92 valence electrons. The van der Waals surface area contributed by atoms with Gasteiger partial charge in [0.05, 0.1) is 12.2 Å². The van der Waals surface area contributed by atoms with E-state index in [4.69, 9.17) is 9.47 Å². The summed E-state index contributed by atoms with van der Waals surface area (Å²) in [7, 11) is 0. The minimum Gasteiger partial charge on any atom is -0.435 e. The zero-order valence-corrected chi connectivity index (χ0v) is 9.91. The third-order valence-corrected chi connectivity index (χ3v) is 2.39. The third-order valence-electron chi connectivity index (χ3n) is 2.39.